The summed E-state index contributed by atoms with van der Waals surface area (Å²) in [7, 11) is -4.30. The van der Waals surface area contributed by atoms with Crippen LogP contribution in [0.2, 0.25) is 0 Å². The van der Waals surface area contributed by atoms with Gasteiger partial charge in [-0.15, -0.1) is 0 Å². The zero-order chi connectivity index (χ0) is 27.7. The maximum Gasteiger partial charge on any atom is 0.416 e. The zero-order valence-electron chi connectivity index (χ0n) is 21.2. The number of piperazine rings is 1. The number of amides is 2. The first-order chi connectivity index (χ1) is 17.9. The molecule has 8 nitrogen and oxygen atoms in total. The fraction of sp³-hybridized carbons (Fsp3) is 0.462. The van der Waals surface area contributed by atoms with Crippen LogP contribution >= 0.6 is 0 Å². The van der Waals surface area contributed by atoms with Gasteiger partial charge in [-0.1, -0.05) is 38.1 Å². The van der Waals surface area contributed by atoms with E-state index in [0.717, 1.165) is 27.6 Å². The van der Waals surface area contributed by atoms with Gasteiger partial charge in [0.15, 0.2) is 0 Å². The normalized spacial score (nSPS) is 21.5. The third-order valence-corrected chi connectivity index (χ3v) is 8.95. The fourth-order valence-corrected chi connectivity index (χ4v) is 6.35. The monoisotopic (exact) mass is 552 g/mol. The average molecular weight is 553 g/mol. The van der Waals surface area contributed by atoms with E-state index in [2.05, 4.69) is 24.5 Å². The van der Waals surface area contributed by atoms with Crippen LogP contribution in [0.5, 0.6) is 0 Å². The Morgan fingerprint density at radius 3 is 2.29 bits per heavy atom. The number of sulfonamides is 1. The molecule has 2 aliphatic rings. The van der Waals surface area contributed by atoms with Gasteiger partial charge in [-0.2, -0.15) is 17.5 Å². The van der Waals surface area contributed by atoms with Crippen LogP contribution in [-0.4, -0.2) is 67.7 Å². The van der Waals surface area contributed by atoms with Crippen molar-refractivity contribution in [1.82, 2.24) is 19.8 Å². The van der Waals surface area contributed by atoms with Gasteiger partial charge in [-0.05, 0) is 47.7 Å². The maximum absolute atomic E-state index is 13.5. The number of rotatable bonds is 7. The van der Waals surface area contributed by atoms with Crippen molar-refractivity contribution in [3.63, 3.8) is 0 Å². The molecule has 2 saturated heterocycles. The van der Waals surface area contributed by atoms with E-state index in [0.29, 0.717) is 31.0 Å². The highest BCUT2D eigenvalue weighted by Crippen LogP contribution is 2.31. The van der Waals surface area contributed by atoms with Gasteiger partial charge in [0.05, 0.1) is 16.5 Å². The molecule has 38 heavy (non-hydrogen) atoms. The SMILES string of the molecule is CC(C)c1ccc(CNC(=O)[C@H]2CN(C3CCNC3=O)CCN2S(=O)(=O)c2ccc(C(F)(F)F)cc2)cc1. The summed E-state index contributed by atoms with van der Waals surface area (Å²) < 4.78 is 67.0. The van der Waals surface area contributed by atoms with Gasteiger partial charge in [0.1, 0.15) is 6.04 Å². The minimum Gasteiger partial charge on any atom is -0.355 e. The summed E-state index contributed by atoms with van der Waals surface area (Å²) in [5.41, 5.74) is 1.01. The molecule has 2 aromatic rings. The lowest BCUT2D eigenvalue weighted by molar-refractivity contribution is -0.137. The molecule has 2 fully saturated rings. The highest BCUT2D eigenvalue weighted by Gasteiger charge is 2.43. The van der Waals surface area contributed by atoms with Crippen LogP contribution < -0.4 is 10.6 Å². The molecule has 0 saturated carbocycles. The molecular weight excluding hydrogens is 521 g/mol. The smallest absolute Gasteiger partial charge is 0.355 e. The number of halogens is 3. The average Bonchev–Trinajstić information content (AvgIpc) is 3.32. The minimum absolute atomic E-state index is 0.0178. The third-order valence-electron chi connectivity index (χ3n) is 7.03. The van der Waals surface area contributed by atoms with Crippen molar-refractivity contribution >= 4 is 21.8 Å². The number of carbonyl (C=O) groups is 2. The molecule has 206 valence electrons. The molecule has 0 spiro atoms. The molecular formula is C26H31F3N4O4S. The molecule has 12 heteroatoms. The summed E-state index contributed by atoms with van der Waals surface area (Å²) >= 11 is 0. The Morgan fingerprint density at radius 1 is 1.08 bits per heavy atom. The summed E-state index contributed by atoms with van der Waals surface area (Å²) in [6.07, 6.45) is -4.06. The quantitative estimate of drug-likeness (QED) is 0.551. The van der Waals surface area contributed by atoms with Gasteiger partial charge >= 0.3 is 6.18 Å². The fourth-order valence-electron chi connectivity index (χ4n) is 4.78. The number of benzene rings is 2. The van der Waals surface area contributed by atoms with Crippen molar-refractivity contribution in [2.75, 3.05) is 26.2 Å². The first-order valence-corrected chi connectivity index (χ1v) is 13.9. The highest BCUT2D eigenvalue weighted by molar-refractivity contribution is 7.89. The molecule has 0 bridgehead atoms. The second kappa shape index (κ2) is 11.0. The topological polar surface area (TPSA) is 98.8 Å². The van der Waals surface area contributed by atoms with Crippen molar-refractivity contribution in [1.29, 1.82) is 0 Å². The van der Waals surface area contributed by atoms with Gasteiger partial charge < -0.3 is 10.6 Å². The molecule has 1 unspecified atom stereocenters. The second-order valence-electron chi connectivity index (χ2n) is 9.86. The minimum atomic E-state index is -4.61. The van der Waals surface area contributed by atoms with E-state index in [4.69, 9.17) is 0 Å². The van der Waals surface area contributed by atoms with Crippen molar-refractivity contribution in [3.8, 4) is 0 Å². The number of hydrogen-bond donors (Lipinski definition) is 2. The third kappa shape index (κ3) is 6.02. The number of nitrogens with one attached hydrogen (secondary N) is 2. The Kier molecular flexibility index (Phi) is 8.15. The van der Waals surface area contributed by atoms with Crippen LogP contribution in [0, 0.1) is 0 Å². The molecule has 2 amide bonds. The molecule has 2 N–H and O–H groups in total. The van der Waals surface area contributed by atoms with E-state index >= 15 is 0 Å². The number of alkyl halides is 3. The molecule has 4 rings (SSSR count). The van der Waals surface area contributed by atoms with Gasteiger partial charge in [-0.25, -0.2) is 8.42 Å². The predicted octanol–water partition coefficient (Wildman–Crippen LogP) is 2.71. The molecule has 0 aromatic heterocycles. The van der Waals surface area contributed by atoms with Crippen LogP contribution in [0.4, 0.5) is 13.2 Å². The van der Waals surface area contributed by atoms with Crippen LogP contribution in [0.3, 0.4) is 0 Å². The number of carbonyl (C=O) groups excluding carboxylic acids is 2. The van der Waals surface area contributed by atoms with Crippen molar-refractivity contribution in [2.45, 2.75) is 55.9 Å². The summed E-state index contributed by atoms with van der Waals surface area (Å²) in [6, 6.07) is 9.31. The summed E-state index contributed by atoms with van der Waals surface area (Å²) in [4.78, 5) is 27.1. The Morgan fingerprint density at radius 2 is 1.74 bits per heavy atom. The van der Waals surface area contributed by atoms with Gasteiger partial charge in [0, 0.05) is 32.7 Å². The van der Waals surface area contributed by atoms with E-state index in [9.17, 15) is 31.2 Å². The van der Waals surface area contributed by atoms with E-state index in [1.807, 2.05) is 24.3 Å². The van der Waals surface area contributed by atoms with Crippen molar-refractivity contribution in [3.05, 3.63) is 65.2 Å². The summed E-state index contributed by atoms with van der Waals surface area (Å²) in [5.74, 6) is -0.367. The highest BCUT2D eigenvalue weighted by atomic mass is 32.2. The molecule has 2 atom stereocenters. The Bertz CT molecular complexity index is 1260. The molecule has 0 radical (unpaired) electrons. The predicted molar refractivity (Wildman–Crippen MR) is 134 cm³/mol. The lowest BCUT2D eigenvalue weighted by Crippen LogP contribution is -2.62. The lowest BCUT2D eigenvalue weighted by Gasteiger charge is -2.41. The molecule has 2 heterocycles. The zero-order valence-corrected chi connectivity index (χ0v) is 22.0. The lowest BCUT2D eigenvalue weighted by atomic mass is 10.0. The van der Waals surface area contributed by atoms with E-state index in [1.54, 1.807) is 4.90 Å². The Labute approximate surface area is 220 Å². The van der Waals surface area contributed by atoms with Gasteiger partial charge in [0.2, 0.25) is 21.8 Å². The number of hydrogen-bond acceptors (Lipinski definition) is 5. The maximum atomic E-state index is 13.5. The van der Waals surface area contributed by atoms with Crippen LogP contribution in [-0.2, 0) is 32.3 Å². The largest absolute Gasteiger partial charge is 0.416 e. The standard InChI is InChI=1S/C26H31F3N4O4S/c1-17(2)19-5-3-18(4-6-19)15-31-25(35)23-16-32(22-11-12-30-24(22)34)13-14-33(23)38(36,37)21-9-7-20(8-10-21)26(27,28)29/h3-10,17,22-23H,11-16H2,1-2H3,(H,30,34)(H,31,35)/t22?,23-/m1/s1. The van der Waals surface area contributed by atoms with Gasteiger partial charge in [-0.3, -0.25) is 14.5 Å². The van der Waals surface area contributed by atoms with Gasteiger partial charge in [0.25, 0.3) is 0 Å². The second-order valence-corrected chi connectivity index (χ2v) is 11.7. The molecule has 2 aromatic carbocycles. The summed E-state index contributed by atoms with van der Waals surface area (Å²) in [6.45, 7) is 4.91. The summed E-state index contributed by atoms with van der Waals surface area (Å²) in [5, 5.41) is 5.55. The number of nitrogens with zero attached hydrogens (tertiary/aromatic N) is 2. The molecule has 2 aliphatic heterocycles. The van der Waals surface area contributed by atoms with Crippen molar-refractivity contribution < 1.29 is 31.2 Å². The van der Waals surface area contributed by atoms with Crippen LogP contribution in [0.1, 0.15) is 42.9 Å². The van der Waals surface area contributed by atoms with Crippen LogP contribution in [0.15, 0.2) is 53.4 Å². The first-order valence-electron chi connectivity index (χ1n) is 12.5. The first kappa shape index (κ1) is 28.1. The Balaban J connectivity index is 1.56. The van der Waals surface area contributed by atoms with E-state index in [1.165, 1.54) is 0 Å². The molecule has 0 aliphatic carbocycles. The van der Waals surface area contributed by atoms with E-state index < -0.39 is 39.8 Å². The Hall–Kier alpha value is -2.96. The van der Waals surface area contributed by atoms with Crippen molar-refractivity contribution in [2.24, 2.45) is 0 Å². The van der Waals surface area contributed by atoms with Crippen LogP contribution in [0.25, 0.3) is 0 Å². The van der Waals surface area contributed by atoms with E-state index in [-0.39, 0.29) is 37.0 Å².